The molecule has 134 valence electrons. The molecule has 1 aromatic carbocycles. The van der Waals surface area contributed by atoms with Crippen LogP contribution < -0.4 is 10.6 Å². The van der Waals surface area contributed by atoms with Crippen LogP contribution in [0.1, 0.15) is 48.8 Å². The molecule has 0 bridgehead atoms. The molecule has 1 atom stereocenters. The van der Waals surface area contributed by atoms with Crippen molar-refractivity contribution in [3.05, 3.63) is 53.0 Å². The fourth-order valence-corrected chi connectivity index (χ4v) is 4.32. The van der Waals surface area contributed by atoms with Crippen molar-refractivity contribution in [2.45, 2.75) is 46.3 Å². The summed E-state index contributed by atoms with van der Waals surface area (Å²) in [5.41, 5.74) is 11.1. The van der Waals surface area contributed by atoms with Crippen molar-refractivity contribution in [1.82, 2.24) is 9.97 Å². The lowest BCUT2D eigenvalue weighted by Gasteiger charge is -2.43. The monoisotopic (exact) mass is 340 g/mol. The van der Waals surface area contributed by atoms with Crippen molar-refractivity contribution in [3.63, 3.8) is 0 Å². The highest BCUT2D eigenvalue weighted by Crippen LogP contribution is 2.50. The number of aliphatic hydroxyl groups excluding tert-OH is 1. The van der Waals surface area contributed by atoms with E-state index in [1.807, 2.05) is 6.92 Å². The van der Waals surface area contributed by atoms with E-state index in [2.05, 4.69) is 39.1 Å². The average Bonchev–Trinajstić information content (AvgIpc) is 2.88. The molecule has 25 heavy (non-hydrogen) atoms. The fraction of sp³-hybridized carbons (Fsp3) is 0.500. The minimum atomic E-state index is -0.0742. The van der Waals surface area contributed by atoms with Gasteiger partial charge in [0, 0.05) is 25.3 Å². The Bertz CT molecular complexity index is 753. The molecule has 1 saturated heterocycles. The third-order valence-electron chi connectivity index (χ3n) is 5.75. The van der Waals surface area contributed by atoms with Crippen molar-refractivity contribution >= 4 is 5.82 Å². The zero-order valence-electron chi connectivity index (χ0n) is 14.1. The topological polar surface area (TPSA) is 75.3 Å². The van der Waals surface area contributed by atoms with E-state index in [4.69, 9.17) is 5.73 Å². The molecular weight excluding hydrogens is 312 g/mol. The van der Waals surface area contributed by atoms with E-state index in [1.165, 1.54) is 11.1 Å². The molecule has 0 saturated carbocycles. The molecule has 2 aromatic rings. The minimum absolute atomic E-state index is 0. The lowest BCUT2D eigenvalue weighted by Crippen LogP contribution is -2.45. The van der Waals surface area contributed by atoms with Crippen LogP contribution in [0.25, 0.3) is 0 Å². The van der Waals surface area contributed by atoms with Gasteiger partial charge < -0.3 is 15.7 Å². The molecule has 2 aliphatic rings. The summed E-state index contributed by atoms with van der Waals surface area (Å²) in [5, 5.41) is 9.56. The highest BCUT2D eigenvalue weighted by atomic mass is 16.3. The number of piperidine rings is 1. The molecular formula is C20H28N4O. The van der Waals surface area contributed by atoms with E-state index in [1.54, 1.807) is 6.20 Å². The molecule has 3 N–H and O–H groups in total. The number of benzene rings is 1. The Labute approximate surface area is 149 Å². The van der Waals surface area contributed by atoms with Gasteiger partial charge in [0.05, 0.1) is 12.3 Å². The van der Waals surface area contributed by atoms with Crippen molar-refractivity contribution in [2.24, 2.45) is 11.1 Å². The molecule has 1 aliphatic carbocycles. The third kappa shape index (κ3) is 2.92. The van der Waals surface area contributed by atoms with E-state index in [9.17, 15) is 5.11 Å². The Morgan fingerprint density at radius 1 is 1.28 bits per heavy atom. The standard InChI is InChI=1S/C19H24N4O.CH4/c1-13-11-21-16(12-24)18(22-13)23-8-6-19(7-9-23)10-14-4-2-3-5-15(14)17(19)20;/h2-5,11,17,24H,6-10,12,20H2,1H3;1H4/t17-;/m1./s1. The first-order chi connectivity index (χ1) is 11.6. The zero-order valence-corrected chi connectivity index (χ0v) is 14.1. The van der Waals surface area contributed by atoms with Gasteiger partial charge in [-0.05, 0) is 42.7 Å². The summed E-state index contributed by atoms with van der Waals surface area (Å²) in [5.74, 6) is 0.830. The van der Waals surface area contributed by atoms with E-state index >= 15 is 0 Å². The van der Waals surface area contributed by atoms with Crippen molar-refractivity contribution in [3.8, 4) is 0 Å². The normalized spacial score (nSPS) is 21.1. The highest BCUT2D eigenvalue weighted by molar-refractivity contribution is 5.45. The summed E-state index contributed by atoms with van der Waals surface area (Å²) in [4.78, 5) is 11.2. The van der Waals surface area contributed by atoms with Gasteiger partial charge in [-0.1, -0.05) is 31.7 Å². The van der Waals surface area contributed by atoms with Gasteiger partial charge in [0.1, 0.15) is 5.69 Å². The predicted molar refractivity (Wildman–Crippen MR) is 100 cm³/mol. The Morgan fingerprint density at radius 2 is 2.00 bits per heavy atom. The maximum atomic E-state index is 9.56. The smallest absolute Gasteiger partial charge is 0.153 e. The molecule has 5 nitrogen and oxygen atoms in total. The SMILES string of the molecule is C.Cc1cnc(CO)c(N2CCC3(CC2)Cc2ccccc2[C@H]3N)n1. The summed E-state index contributed by atoms with van der Waals surface area (Å²) in [6.07, 6.45) is 4.88. The van der Waals surface area contributed by atoms with Gasteiger partial charge in [-0.15, -0.1) is 0 Å². The van der Waals surface area contributed by atoms with Crippen LogP contribution in [0.15, 0.2) is 30.5 Å². The number of nitrogens with two attached hydrogens (primary N) is 1. The molecule has 4 rings (SSSR count). The lowest BCUT2D eigenvalue weighted by atomic mass is 9.73. The number of aryl methyl sites for hydroxylation is 1. The van der Waals surface area contributed by atoms with Crippen LogP contribution in [-0.4, -0.2) is 28.2 Å². The van der Waals surface area contributed by atoms with Crippen LogP contribution in [0.5, 0.6) is 0 Å². The number of anilines is 1. The first kappa shape index (κ1) is 17.8. The molecule has 0 radical (unpaired) electrons. The number of fused-ring (bicyclic) bond motifs is 1. The number of aliphatic hydroxyl groups is 1. The maximum Gasteiger partial charge on any atom is 0.153 e. The summed E-state index contributed by atoms with van der Waals surface area (Å²) in [6, 6.07) is 8.71. The summed E-state index contributed by atoms with van der Waals surface area (Å²) < 4.78 is 0. The number of aromatic nitrogens is 2. The van der Waals surface area contributed by atoms with Crippen molar-refractivity contribution in [1.29, 1.82) is 0 Å². The van der Waals surface area contributed by atoms with Crippen molar-refractivity contribution < 1.29 is 5.11 Å². The van der Waals surface area contributed by atoms with E-state index < -0.39 is 0 Å². The van der Waals surface area contributed by atoms with E-state index in [-0.39, 0.29) is 25.5 Å². The van der Waals surface area contributed by atoms with Crippen LogP contribution in [-0.2, 0) is 13.0 Å². The van der Waals surface area contributed by atoms with Gasteiger partial charge in [0.2, 0.25) is 0 Å². The lowest BCUT2D eigenvalue weighted by molar-refractivity contribution is 0.186. The van der Waals surface area contributed by atoms with Gasteiger partial charge >= 0.3 is 0 Å². The Balaban J connectivity index is 0.00000182. The molecule has 0 unspecified atom stereocenters. The quantitative estimate of drug-likeness (QED) is 0.879. The molecule has 1 spiro atoms. The van der Waals surface area contributed by atoms with Crippen LogP contribution >= 0.6 is 0 Å². The van der Waals surface area contributed by atoms with Crippen LogP contribution in [0.2, 0.25) is 0 Å². The van der Waals surface area contributed by atoms with Gasteiger partial charge in [0.15, 0.2) is 5.82 Å². The second kappa shape index (κ2) is 6.73. The summed E-state index contributed by atoms with van der Waals surface area (Å²) >= 11 is 0. The van der Waals surface area contributed by atoms with Crippen LogP contribution in [0.3, 0.4) is 0 Å². The van der Waals surface area contributed by atoms with E-state index in [0.29, 0.717) is 5.69 Å². The van der Waals surface area contributed by atoms with Gasteiger partial charge in [-0.3, -0.25) is 4.98 Å². The second-order valence-electron chi connectivity index (χ2n) is 7.14. The first-order valence-electron chi connectivity index (χ1n) is 8.65. The molecule has 1 fully saturated rings. The van der Waals surface area contributed by atoms with Crippen LogP contribution in [0, 0.1) is 12.3 Å². The molecule has 1 aliphatic heterocycles. The highest BCUT2D eigenvalue weighted by Gasteiger charge is 2.46. The zero-order chi connectivity index (χ0) is 16.7. The number of hydrogen-bond acceptors (Lipinski definition) is 5. The number of rotatable bonds is 2. The minimum Gasteiger partial charge on any atom is -0.390 e. The van der Waals surface area contributed by atoms with Gasteiger partial charge in [-0.25, -0.2) is 4.98 Å². The first-order valence-corrected chi connectivity index (χ1v) is 8.65. The van der Waals surface area contributed by atoms with E-state index in [0.717, 1.165) is 43.9 Å². The molecule has 1 aromatic heterocycles. The van der Waals surface area contributed by atoms with Gasteiger partial charge in [-0.2, -0.15) is 0 Å². The molecule has 0 amide bonds. The summed E-state index contributed by atoms with van der Waals surface area (Å²) in [7, 11) is 0. The molecule has 2 heterocycles. The largest absolute Gasteiger partial charge is 0.390 e. The Morgan fingerprint density at radius 3 is 2.68 bits per heavy atom. The maximum absolute atomic E-state index is 9.56. The predicted octanol–water partition coefficient (Wildman–Crippen LogP) is 2.76. The fourth-order valence-electron chi connectivity index (χ4n) is 4.32. The third-order valence-corrected chi connectivity index (χ3v) is 5.75. The number of nitrogens with zero attached hydrogens (tertiary/aromatic N) is 3. The molecule has 5 heteroatoms. The second-order valence-corrected chi connectivity index (χ2v) is 7.14. The Kier molecular flexibility index (Phi) is 4.80. The number of hydrogen-bond donors (Lipinski definition) is 2. The van der Waals surface area contributed by atoms with Crippen LogP contribution in [0.4, 0.5) is 5.82 Å². The van der Waals surface area contributed by atoms with Crippen molar-refractivity contribution in [2.75, 3.05) is 18.0 Å². The average molecular weight is 340 g/mol. The Hall–Kier alpha value is -1.98. The van der Waals surface area contributed by atoms with Gasteiger partial charge in [0.25, 0.3) is 0 Å². The summed E-state index contributed by atoms with van der Waals surface area (Å²) in [6.45, 7) is 3.68.